The maximum Gasteiger partial charge on any atom is 0.261 e. The molecule has 3 aromatic rings. The summed E-state index contributed by atoms with van der Waals surface area (Å²) in [5.74, 6) is 0.325. The molecule has 0 bridgehead atoms. The molecule has 7 nitrogen and oxygen atoms in total. The number of ether oxygens (including phenoxy) is 1. The molecule has 2 aromatic carbocycles. The van der Waals surface area contributed by atoms with E-state index in [1.54, 1.807) is 41.3 Å². The normalized spacial score (nSPS) is 14.4. The Morgan fingerprint density at radius 1 is 1.10 bits per heavy atom. The highest BCUT2D eigenvalue weighted by Gasteiger charge is 2.25. The zero-order valence-electron chi connectivity index (χ0n) is 17.4. The fourth-order valence-corrected chi connectivity index (χ4v) is 3.85. The lowest BCUT2D eigenvalue weighted by Gasteiger charge is -2.32. The highest BCUT2D eigenvalue weighted by atomic mass is 16.5. The number of amides is 2. The third-order valence-electron chi connectivity index (χ3n) is 5.53. The Balaban J connectivity index is 1.35. The van der Waals surface area contributed by atoms with Crippen LogP contribution >= 0.6 is 0 Å². The Bertz CT molecular complexity index is 1150. The van der Waals surface area contributed by atoms with E-state index >= 15 is 0 Å². The molecule has 2 amide bonds. The molecule has 4 rings (SSSR count). The Hall–Kier alpha value is -3.61. The first kappa shape index (κ1) is 20.7. The van der Waals surface area contributed by atoms with E-state index in [-0.39, 0.29) is 23.4 Å². The van der Waals surface area contributed by atoms with Crippen molar-refractivity contribution in [3.05, 3.63) is 76.1 Å². The number of carbonyl (C=O) groups excluding carboxylic acids is 2. The Kier molecular flexibility index (Phi) is 6.02. The van der Waals surface area contributed by atoms with Gasteiger partial charge in [-0.2, -0.15) is 0 Å². The molecule has 160 valence electrons. The molecule has 1 saturated heterocycles. The second kappa shape index (κ2) is 9.04. The lowest BCUT2D eigenvalue weighted by atomic mass is 10.0. The third-order valence-corrected chi connectivity index (χ3v) is 5.53. The maximum atomic E-state index is 12.7. The smallest absolute Gasteiger partial charge is 0.261 e. The largest absolute Gasteiger partial charge is 0.494 e. The van der Waals surface area contributed by atoms with E-state index < -0.39 is 5.56 Å². The predicted molar refractivity (Wildman–Crippen MR) is 119 cm³/mol. The van der Waals surface area contributed by atoms with Crippen molar-refractivity contribution < 1.29 is 14.3 Å². The molecule has 0 aliphatic carbocycles. The van der Waals surface area contributed by atoms with Gasteiger partial charge in [0.2, 0.25) is 0 Å². The summed E-state index contributed by atoms with van der Waals surface area (Å²) in [6.45, 7) is 3.59. The molecule has 31 heavy (non-hydrogen) atoms. The minimum Gasteiger partial charge on any atom is -0.494 e. The lowest BCUT2D eigenvalue weighted by molar-refractivity contribution is 0.0698. The molecule has 0 unspecified atom stereocenters. The standard InChI is InChI=1S/C24H25N3O4/c1-2-31-19-9-7-16(8-10-19)24(30)27-13-11-18(12-14-27)25-22(28)20-15-17-5-3-4-6-21(17)26-23(20)29/h3-10,15,18H,2,11-14H2,1H3,(H,25,28)(H,26,29). The zero-order chi connectivity index (χ0) is 21.8. The molecule has 0 radical (unpaired) electrons. The number of piperidine rings is 1. The van der Waals surface area contributed by atoms with Crippen LogP contribution in [0.5, 0.6) is 5.75 Å². The van der Waals surface area contributed by atoms with E-state index in [2.05, 4.69) is 10.3 Å². The number of hydrogen-bond acceptors (Lipinski definition) is 4. The predicted octanol–water partition coefficient (Wildman–Crippen LogP) is 2.96. The average molecular weight is 419 g/mol. The fraction of sp³-hybridized carbons (Fsp3) is 0.292. The van der Waals surface area contributed by atoms with Crippen LogP contribution in [0.2, 0.25) is 0 Å². The van der Waals surface area contributed by atoms with Gasteiger partial charge in [0.25, 0.3) is 17.4 Å². The molecule has 0 atom stereocenters. The van der Waals surface area contributed by atoms with Crippen LogP contribution in [0, 0.1) is 0 Å². The number of H-pyrrole nitrogens is 1. The summed E-state index contributed by atoms with van der Waals surface area (Å²) < 4.78 is 5.42. The van der Waals surface area contributed by atoms with Crippen molar-refractivity contribution >= 4 is 22.7 Å². The fourth-order valence-electron chi connectivity index (χ4n) is 3.85. The number of carbonyl (C=O) groups is 2. The van der Waals surface area contributed by atoms with Crippen LogP contribution in [0.1, 0.15) is 40.5 Å². The van der Waals surface area contributed by atoms with E-state index in [0.717, 1.165) is 11.1 Å². The quantitative estimate of drug-likeness (QED) is 0.665. The van der Waals surface area contributed by atoms with Gasteiger partial charge in [-0.1, -0.05) is 18.2 Å². The van der Waals surface area contributed by atoms with Gasteiger partial charge in [0, 0.05) is 30.2 Å². The van der Waals surface area contributed by atoms with Crippen molar-refractivity contribution in [3.63, 3.8) is 0 Å². The number of likely N-dealkylation sites (tertiary alicyclic amines) is 1. The highest BCUT2D eigenvalue weighted by molar-refractivity contribution is 5.97. The Morgan fingerprint density at radius 3 is 2.52 bits per heavy atom. The van der Waals surface area contributed by atoms with E-state index in [4.69, 9.17) is 4.74 Å². The molecule has 1 aliphatic heterocycles. The first-order valence-electron chi connectivity index (χ1n) is 10.5. The van der Waals surface area contributed by atoms with Crippen molar-refractivity contribution in [3.8, 4) is 5.75 Å². The van der Waals surface area contributed by atoms with Crippen LogP contribution in [0.25, 0.3) is 10.9 Å². The number of rotatable bonds is 5. The van der Waals surface area contributed by atoms with Crippen LogP contribution in [-0.4, -0.2) is 47.4 Å². The van der Waals surface area contributed by atoms with E-state index in [9.17, 15) is 14.4 Å². The Labute approximate surface area is 180 Å². The maximum absolute atomic E-state index is 12.7. The number of aromatic amines is 1. The summed E-state index contributed by atoms with van der Waals surface area (Å²) in [7, 11) is 0. The van der Waals surface area contributed by atoms with Crippen molar-refractivity contribution in [2.24, 2.45) is 0 Å². The van der Waals surface area contributed by atoms with E-state index in [0.29, 0.717) is 43.6 Å². The first-order valence-corrected chi connectivity index (χ1v) is 10.5. The summed E-state index contributed by atoms with van der Waals surface area (Å²) in [4.78, 5) is 42.3. The molecule has 2 heterocycles. The van der Waals surface area contributed by atoms with Crippen molar-refractivity contribution in [1.29, 1.82) is 0 Å². The molecule has 7 heteroatoms. The second-order valence-corrected chi connectivity index (χ2v) is 7.60. The average Bonchev–Trinajstić information content (AvgIpc) is 2.79. The minimum atomic E-state index is -0.403. The van der Waals surface area contributed by atoms with Gasteiger partial charge in [0.15, 0.2) is 0 Å². The Morgan fingerprint density at radius 2 is 1.81 bits per heavy atom. The van der Waals surface area contributed by atoms with Crippen molar-refractivity contribution in [1.82, 2.24) is 15.2 Å². The van der Waals surface area contributed by atoms with Gasteiger partial charge >= 0.3 is 0 Å². The van der Waals surface area contributed by atoms with E-state index in [1.807, 2.05) is 25.1 Å². The van der Waals surface area contributed by atoms with Gasteiger partial charge in [0.05, 0.1) is 6.61 Å². The van der Waals surface area contributed by atoms with Gasteiger partial charge in [-0.05, 0) is 61.5 Å². The molecule has 0 saturated carbocycles. The number of nitrogens with one attached hydrogen (secondary N) is 2. The number of pyridine rings is 1. The van der Waals surface area contributed by atoms with Gasteiger partial charge < -0.3 is 19.9 Å². The summed E-state index contributed by atoms with van der Waals surface area (Å²) in [5, 5.41) is 3.76. The highest BCUT2D eigenvalue weighted by Crippen LogP contribution is 2.18. The first-order chi connectivity index (χ1) is 15.0. The molecule has 2 N–H and O–H groups in total. The zero-order valence-corrected chi connectivity index (χ0v) is 17.4. The number of benzene rings is 2. The van der Waals surface area contributed by atoms with Crippen LogP contribution in [0.15, 0.2) is 59.4 Å². The summed E-state index contributed by atoms with van der Waals surface area (Å²) in [5.41, 5.74) is 1.02. The molecular formula is C24H25N3O4. The monoisotopic (exact) mass is 419 g/mol. The summed E-state index contributed by atoms with van der Waals surface area (Å²) in [6.07, 6.45) is 1.28. The van der Waals surface area contributed by atoms with Crippen molar-refractivity contribution in [2.45, 2.75) is 25.8 Å². The number of nitrogens with zero attached hydrogens (tertiary/aromatic N) is 1. The third kappa shape index (κ3) is 4.60. The molecular weight excluding hydrogens is 394 g/mol. The van der Waals surface area contributed by atoms with Crippen LogP contribution in [-0.2, 0) is 0 Å². The number of para-hydroxylation sites is 1. The molecule has 1 fully saturated rings. The van der Waals surface area contributed by atoms with Gasteiger partial charge in [-0.15, -0.1) is 0 Å². The summed E-state index contributed by atoms with van der Waals surface area (Å²) >= 11 is 0. The topological polar surface area (TPSA) is 91.5 Å². The molecule has 1 aromatic heterocycles. The van der Waals surface area contributed by atoms with Crippen LogP contribution in [0.3, 0.4) is 0 Å². The van der Waals surface area contributed by atoms with Crippen LogP contribution < -0.4 is 15.6 Å². The minimum absolute atomic E-state index is 0.0289. The number of fused-ring (bicyclic) bond motifs is 1. The second-order valence-electron chi connectivity index (χ2n) is 7.60. The SMILES string of the molecule is CCOc1ccc(C(=O)N2CCC(NC(=O)c3cc4ccccc4[nH]c3=O)CC2)cc1. The van der Waals surface area contributed by atoms with Crippen LogP contribution in [0.4, 0.5) is 0 Å². The van der Waals surface area contributed by atoms with Gasteiger partial charge in [-0.25, -0.2) is 0 Å². The lowest BCUT2D eigenvalue weighted by Crippen LogP contribution is -2.47. The van der Waals surface area contributed by atoms with Gasteiger partial charge in [-0.3, -0.25) is 14.4 Å². The number of aromatic nitrogens is 1. The molecule has 0 spiro atoms. The van der Waals surface area contributed by atoms with Gasteiger partial charge in [0.1, 0.15) is 11.3 Å². The van der Waals surface area contributed by atoms with E-state index in [1.165, 1.54) is 0 Å². The number of hydrogen-bond donors (Lipinski definition) is 2. The summed E-state index contributed by atoms with van der Waals surface area (Å²) in [6, 6.07) is 16.0. The van der Waals surface area contributed by atoms with Crippen molar-refractivity contribution in [2.75, 3.05) is 19.7 Å². The molecule has 1 aliphatic rings.